The standard InChI is InChI=1S/C19H19BrO3/c1-22-18-8-4-5-13-12-23-19-10-9-14(20)11-16(19)17(21)7-3-2-6-15(13)18/h4-5,8-11H,2-3,6-7,12H2,1H3. The maximum atomic E-state index is 12.5. The summed E-state index contributed by atoms with van der Waals surface area (Å²) in [6, 6.07) is 11.6. The van der Waals surface area contributed by atoms with Gasteiger partial charge in [-0.05, 0) is 49.1 Å². The van der Waals surface area contributed by atoms with Crippen molar-refractivity contribution >= 4 is 21.7 Å². The lowest BCUT2D eigenvalue weighted by Gasteiger charge is -2.15. The summed E-state index contributed by atoms with van der Waals surface area (Å²) in [6.07, 6.45) is 3.26. The zero-order chi connectivity index (χ0) is 16.2. The van der Waals surface area contributed by atoms with E-state index >= 15 is 0 Å². The number of rotatable bonds is 1. The largest absolute Gasteiger partial charge is 0.496 e. The maximum Gasteiger partial charge on any atom is 0.166 e. The molecule has 0 spiro atoms. The van der Waals surface area contributed by atoms with Gasteiger partial charge in [0.05, 0.1) is 12.7 Å². The number of methoxy groups -OCH3 is 1. The molecule has 0 saturated heterocycles. The molecule has 0 amide bonds. The number of benzene rings is 2. The quantitative estimate of drug-likeness (QED) is 0.708. The van der Waals surface area contributed by atoms with Crippen LogP contribution in [-0.4, -0.2) is 12.9 Å². The van der Waals surface area contributed by atoms with E-state index in [1.54, 1.807) is 7.11 Å². The molecule has 0 aliphatic carbocycles. The van der Waals surface area contributed by atoms with Crippen LogP contribution in [0.5, 0.6) is 11.5 Å². The van der Waals surface area contributed by atoms with Gasteiger partial charge in [-0.2, -0.15) is 0 Å². The molecule has 0 fully saturated rings. The number of hydrogen-bond donors (Lipinski definition) is 0. The van der Waals surface area contributed by atoms with Gasteiger partial charge in [-0.15, -0.1) is 0 Å². The van der Waals surface area contributed by atoms with E-state index in [1.165, 1.54) is 5.56 Å². The van der Waals surface area contributed by atoms with Crippen LogP contribution in [-0.2, 0) is 13.0 Å². The van der Waals surface area contributed by atoms with E-state index in [4.69, 9.17) is 9.47 Å². The fraction of sp³-hybridized carbons (Fsp3) is 0.316. The fourth-order valence-electron chi connectivity index (χ4n) is 2.94. The Hall–Kier alpha value is -1.81. The number of fused-ring (bicyclic) bond motifs is 2. The van der Waals surface area contributed by atoms with Crippen molar-refractivity contribution in [3.05, 3.63) is 57.6 Å². The molecule has 1 heterocycles. The van der Waals surface area contributed by atoms with Crippen LogP contribution in [0.2, 0.25) is 0 Å². The minimum Gasteiger partial charge on any atom is -0.496 e. The van der Waals surface area contributed by atoms with E-state index in [1.807, 2.05) is 30.3 Å². The summed E-state index contributed by atoms with van der Waals surface area (Å²) >= 11 is 3.43. The highest BCUT2D eigenvalue weighted by Gasteiger charge is 2.17. The molecule has 120 valence electrons. The molecule has 4 heteroatoms. The molecule has 0 aromatic heterocycles. The van der Waals surface area contributed by atoms with E-state index in [-0.39, 0.29) is 5.78 Å². The zero-order valence-electron chi connectivity index (χ0n) is 13.1. The predicted molar refractivity (Wildman–Crippen MR) is 93.4 cm³/mol. The van der Waals surface area contributed by atoms with Gasteiger partial charge in [0.2, 0.25) is 0 Å². The molecule has 23 heavy (non-hydrogen) atoms. The maximum absolute atomic E-state index is 12.5. The molecule has 0 bridgehead atoms. The third kappa shape index (κ3) is 3.58. The highest BCUT2D eigenvalue weighted by Crippen LogP contribution is 2.30. The molecule has 0 saturated carbocycles. The lowest BCUT2D eigenvalue weighted by atomic mass is 9.99. The van der Waals surface area contributed by atoms with Crippen LogP contribution in [0.15, 0.2) is 40.9 Å². The molecule has 3 nitrogen and oxygen atoms in total. The van der Waals surface area contributed by atoms with Gasteiger partial charge in [-0.25, -0.2) is 0 Å². The van der Waals surface area contributed by atoms with Crippen molar-refractivity contribution in [2.75, 3.05) is 7.11 Å². The Labute approximate surface area is 144 Å². The molecule has 3 rings (SSSR count). The topological polar surface area (TPSA) is 35.5 Å². The van der Waals surface area contributed by atoms with E-state index in [0.717, 1.165) is 35.0 Å². The Kier molecular flexibility index (Phi) is 5.01. The predicted octanol–water partition coefficient (Wildman–Crippen LogP) is 4.95. The van der Waals surface area contributed by atoms with E-state index < -0.39 is 0 Å². The fourth-order valence-corrected chi connectivity index (χ4v) is 3.31. The molecular weight excluding hydrogens is 356 g/mol. The minimum atomic E-state index is 0.138. The van der Waals surface area contributed by atoms with E-state index in [9.17, 15) is 4.79 Å². The van der Waals surface area contributed by atoms with E-state index in [2.05, 4.69) is 22.0 Å². The highest BCUT2D eigenvalue weighted by atomic mass is 79.9. The summed E-state index contributed by atoms with van der Waals surface area (Å²) in [5, 5.41) is 0. The first-order valence-corrected chi connectivity index (χ1v) is 8.58. The average Bonchev–Trinajstić information content (AvgIpc) is 2.59. The second-order valence-corrected chi connectivity index (χ2v) is 6.57. The number of carbonyl (C=O) groups excluding carboxylic acids is 1. The summed E-state index contributed by atoms with van der Waals surface area (Å²) in [7, 11) is 1.69. The number of halogens is 1. The Bertz CT molecular complexity index is 725. The average molecular weight is 375 g/mol. The van der Waals surface area contributed by atoms with Gasteiger partial charge in [-0.1, -0.05) is 28.1 Å². The molecule has 0 unspecified atom stereocenters. The Morgan fingerprint density at radius 3 is 2.78 bits per heavy atom. The van der Waals surface area contributed by atoms with Crippen LogP contribution < -0.4 is 9.47 Å². The Morgan fingerprint density at radius 2 is 1.96 bits per heavy atom. The van der Waals surface area contributed by atoms with Crippen LogP contribution in [0.4, 0.5) is 0 Å². The first kappa shape index (κ1) is 16.1. The first-order chi connectivity index (χ1) is 11.2. The van der Waals surface area contributed by atoms with Gasteiger partial charge in [0.1, 0.15) is 18.1 Å². The number of ether oxygens (including phenoxy) is 2. The highest BCUT2D eigenvalue weighted by molar-refractivity contribution is 9.10. The Morgan fingerprint density at radius 1 is 1.13 bits per heavy atom. The second kappa shape index (κ2) is 7.18. The molecule has 2 aromatic rings. The van der Waals surface area contributed by atoms with Gasteiger partial charge < -0.3 is 9.47 Å². The van der Waals surface area contributed by atoms with Crippen molar-refractivity contribution in [3.63, 3.8) is 0 Å². The van der Waals surface area contributed by atoms with Gasteiger partial charge in [0.25, 0.3) is 0 Å². The molecular formula is C19H19BrO3. The summed E-state index contributed by atoms with van der Waals surface area (Å²) in [6.45, 7) is 0.439. The smallest absolute Gasteiger partial charge is 0.166 e. The van der Waals surface area contributed by atoms with Crippen LogP contribution in [0.3, 0.4) is 0 Å². The second-order valence-electron chi connectivity index (χ2n) is 5.66. The van der Waals surface area contributed by atoms with Gasteiger partial charge in [-0.3, -0.25) is 4.79 Å². The first-order valence-electron chi connectivity index (χ1n) is 7.79. The number of ketones is 1. The van der Waals surface area contributed by atoms with Crippen molar-refractivity contribution in [3.8, 4) is 11.5 Å². The molecule has 0 atom stereocenters. The van der Waals surface area contributed by atoms with Crippen molar-refractivity contribution in [1.82, 2.24) is 0 Å². The summed E-state index contributed by atoms with van der Waals surface area (Å²) in [5.41, 5.74) is 2.96. The van der Waals surface area contributed by atoms with Crippen molar-refractivity contribution < 1.29 is 14.3 Å². The lowest BCUT2D eigenvalue weighted by Crippen LogP contribution is -2.05. The lowest BCUT2D eigenvalue weighted by molar-refractivity contribution is 0.0975. The van der Waals surface area contributed by atoms with E-state index in [0.29, 0.717) is 24.3 Å². The van der Waals surface area contributed by atoms with Gasteiger partial charge >= 0.3 is 0 Å². The third-order valence-corrected chi connectivity index (χ3v) is 4.65. The van der Waals surface area contributed by atoms with Gasteiger partial charge in [0.15, 0.2) is 5.78 Å². The summed E-state index contributed by atoms with van der Waals surface area (Å²) in [4.78, 5) is 12.5. The normalized spacial score (nSPS) is 15.0. The number of hydrogen-bond acceptors (Lipinski definition) is 3. The van der Waals surface area contributed by atoms with Gasteiger partial charge in [0, 0.05) is 16.5 Å². The van der Waals surface area contributed by atoms with Crippen molar-refractivity contribution in [1.29, 1.82) is 0 Å². The Balaban J connectivity index is 1.99. The molecule has 1 aliphatic rings. The summed E-state index contributed by atoms with van der Waals surface area (Å²) in [5.74, 6) is 1.68. The van der Waals surface area contributed by atoms with Crippen LogP contribution in [0.1, 0.15) is 40.7 Å². The van der Waals surface area contributed by atoms with Crippen molar-refractivity contribution in [2.45, 2.75) is 32.3 Å². The van der Waals surface area contributed by atoms with Crippen molar-refractivity contribution in [2.24, 2.45) is 0 Å². The van der Waals surface area contributed by atoms with Crippen LogP contribution >= 0.6 is 15.9 Å². The SMILES string of the molecule is COc1cccc2c1CCCCC(=O)c1cc(Br)ccc1OC2. The molecule has 1 aliphatic heterocycles. The minimum absolute atomic E-state index is 0.138. The molecule has 2 aromatic carbocycles. The third-order valence-electron chi connectivity index (χ3n) is 4.16. The molecule has 0 radical (unpaired) electrons. The number of Topliss-reactive ketones (excluding diaryl/α,β-unsaturated/α-hetero) is 1. The van der Waals surface area contributed by atoms with Crippen LogP contribution in [0.25, 0.3) is 0 Å². The van der Waals surface area contributed by atoms with Crippen LogP contribution in [0, 0.1) is 0 Å². The summed E-state index contributed by atoms with van der Waals surface area (Å²) < 4.78 is 12.4. The molecule has 0 N–H and O–H groups in total. The zero-order valence-corrected chi connectivity index (χ0v) is 14.7. The monoisotopic (exact) mass is 374 g/mol. The number of carbonyl (C=O) groups is 1.